The number of hydrogen-bond donors (Lipinski definition) is 2. The summed E-state index contributed by atoms with van der Waals surface area (Å²) in [7, 11) is 0. The number of nitrogens with two attached hydrogens (primary N) is 1. The average molecular weight is 171 g/mol. The third kappa shape index (κ3) is 7.76. The zero-order valence-electron chi connectivity index (χ0n) is 8.00. The molecule has 0 rings (SSSR count). The second kappa shape index (κ2) is 8.75. The van der Waals surface area contributed by atoms with Crippen molar-refractivity contribution >= 4 is 0 Å². The van der Waals surface area contributed by atoms with Crippen LogP contribution in [0.5, 0.6) is 0 Å². The largest absolute Gasteiger partial charge is 0.393 e. The number of rotatable bonds is 7. The van der Waals surface area contributed by atoms with Crippen LogP contribution in [-0.2, 0) is 0 Å². The summed E-state index contributed by atoms with van der Waals surface area (Å²) in [5.41, 5.74) is 5.35. The highest BCUT2D eigenvalue weighted by Gasteiger charge is 1.99. The third-order valence-corrected chi connectivity index (χ3v) is 1.89. The number of allylic oxidation sites excluding steroid dienone is 1. The van der Waals surface area contributed by atoms with Crippen LogP contribution in [0.25, 0.3) is 0 Å². The highest BCUT2D eigenvalue weighted by molar-refractivity contribution is 4.79. The molecule has 1 unspecified atom stereocenters. The average Bonchev–Trinajstić information content (AvgIpc) is 2.09. The highest BCUT2D eigenvalue weighted by Crippen LogP contribution is 2.06. The van der Waals surface area contributed by atoms with Crippen molar-refractivity contribution in [1.29, 1.82) is 0 Å². The van der Waals surface area contributed by atoms with Gasteiger partial charge in [-0.05, 0) is 32.7 Å². The minimum absolute atomic E-state index is 0.154. The summed E-state index contributed by atoms with van der Waals surface area (Å²) < 4.78 is 0. The lowest BCUT2D eigenvalue weighted by Gasteiger charge is -2.06. The van der Waals surface area contributed by atoms with Gasteiger partial charge in [0.25, 0.3) is 0 Å². The van der Waals surface area contributed by atoms with E-state index in [1.165, 1.54) is 0 Å². The van der Waals surface area contributed by atoms with Gasteiger partial charge < -0.3 is 10.8 Å². The molecule has 0 fully saturated rings. The van der Waals surface area contributed by atoms with E-state index < -0.39 is 0 Å². The van der Waals surface area contributed by atoms with Crippen LogP contribution in [0.1, 0.15) is 39.0 Å². The van der Waals surface area contributed by atoms with E-state index in [1.807, 2.05) is 19.1 Å². The van der Waals surface area contributed by atoms with Crippen molar-refractivity contribution < 1.29 is 5.11 Å². The first-order valence-electron chi connectivity index (χ1n) is 4.80. The molecule has 0 aromatic carbocycles. The molecule has 12 heavy (non-hydrogen) atoms. The van der Waals surface area contributed by atoms with E-state index >= 15 is 0 Å². The van der Waals surface area contributed by atoms with Gasteiger partial charge in [-0.15, -0.1) is 0 Å². The molecule has 0 saturated heterocycles. The quantitative estimate of drug-likeness (QED) is 0.453. The first-order chi connectivity index (χ1) is 5.81. The summed E-state index contributed by atoms with van der Waals surface area (Å²) in [5, 5.41) is 9.40. The second-order valence-corrected chi connectivity index (χ2v) is 3.10. The predicted molar refractivity (Wildman–Crippen MR) is 53.0 cm³/mol. The third-order valence-electron chi connectivity index (χ3n) is 1.89. The summed E-state index contributed by atoms with van der Waals surface area (Å²) in [6.45, 7) is 2.74. The molecule has 72 valence electrons. The Morgan fingerprint density at radius 1 is 1.33 bits per heavy atom. The van der Waals surface area contributed by atoms with Crippen LogP contribution in [0, 0.1) is 0 Å². The van der Waals surface area contributed by atoms with Crippen molar-refractivity contribution in [3.63, 3.8) is 0 Å². The van der Waals surface area contributed by atoms with Gasteiger partial charge in [0.1, 0.15) is 0 Å². The summed E-state index contributed by atoms with van der Waals surface area (Å²) in [5.74, 6) is 0. The molecule has 2 nitrogen and oxygen atoms in total. The minimum Gasteiger partial charge on any atom is -0.393 e. The van der Waals surface area contributed by atoms with Gasteiger partial charge in [-0.1, -0.05) is 25.0 Å². The van der Waals surface area contributed by atoms with Crippen LogP contribution >= 0.6 is 0 Å². The molecule has 0 aliphatic rings. The maximum absolute atomic E-state index is 9.40. The summed E-state index contributed by atoms with van der Waals surface area (Å²) in [6.07, 6.45) is 8.84. The van der Waals surface area contributed by atoms with Crippen molar-refractivity contribution in [2.75, 3.05) is 6.54 Å². The first-order valence-corrected chi connectivity index (χ1v) is 4.80. The molecule has 0 heterocycles. The van der Waals surface area contributed by atoms with E-state index in [9.17, 15) is 5.11 Å². The molecular formula is C10H21NO. The normalized spacial score (nSPS) is 13.9. The molecule has 0 radical (unpaired) electrons. The molecule has 1 atom stereocenters. The van der Waals surface area contributed by atoms with Crippen LogP contribution in [0.2, 0.25) is 0 Å². The summed E-state index contributed by atoms with van der Waals surface area (Å²) in [6, 6.07) is 0. The summed E-state index contributed by atoms with van der Waals surface area (Å²) in [4.78, 5) is 0. The predicted octanol–water partition coefficient (Wildman–Crippen LogP) is 1.83. The van der Waals surface area contributed by atoms with Gasteiger partial charge in [0.2, 0.25) is 0 Å². The zero-order valence-corrected chi connectivity index (χ0v) is 8.00. The molecule has 0 saturated carbocycles. The minimum atomic E-state index is -0.154. The molecule has 0 amide bonds. The topological polar surface area (TPSA) is 46.2 Å². The Morgan fingerprint density at radius 3 is 2.67 bits per heavy atom. The van der Waals surface area contributed by atoms with Gasteiger partial charge >= 0.3 is 0 Å². The van der Waals surface area contributed by atoms with Gasteiger partial charge in [-0.2, -0.15) is 0 Å². The van der Waals surface area contributed by atoms with Crippen LogP contribution in [0.3, 0.4) is 0 Å². The molecule has 3 N–H and O–H groups in total. The van der Waals surface area contributed by atoms with Crippen LogP contribution in [0.4, 0.5) is 0 Å². The smallest absolute Gasteiger partial charge is 0.0574 e. The Balaban J connectivity index is 3.13. The van der Waals surface area contributed by atoms with Gasteiger partial charge in [0, 0.05) is 0 Å². The molecule has 0 bridgehead atoms. The molecule has 0 spiro atoms. The van der Waals surface area contributed by atoms with Gasteiger partial charge in [-0.3, -0.25) is 0 Å². The number of aliphatic hydroxyl groups is 1. The maximum atomic E-state index is 9.40. The van der Waals surface area contributed by atoms with Crippen molar-refractivity contribution in [2.45, 2.75) is 45.1 Å². The fourth-order valence-corrected chi connectivity index (χ4v) is 1.11. The first kappa shape index (κ1) is 11.7. The lowest BCUT2D eigenvalue weighted by molar-refractivity contribution is 0.164. The van der Waals surface area contributed by atoms with E-state index in [1.54, 1.807) is 0 Å². The molecule has 0 aliphatic heterocycles. The fourth-order valence-electron chi connectivity index (χ4n) is 1.11. The molecule has 2 heteroatoms. The highest BCUT2D eigenvalue weighted by atomic mass is 16.3. The standard InChI is InChI=1S/C10H21NO/c1-2-3-7-10(12)8-5-4-6-9-11/h2-3,10,12H,4-9,11H2,1H3. The Morgan fingerprint density at radius 2 is 2.08 bits per heavy atom. The van der Waals surface area contributed by atoms with Gasteiger partial charge in [0.05, 0.1) is 6.10 Å². The van der Waals surface area contributed by atoms with Crippen LogP contribution in [0.15, 0.2) is 12.2 Å². The lowest BCUT2D eigenvalue weighted by Crippen LogP contribution is -2.05. The molecule has 0 aliphatic carbocycles. The monoisotopic (exact) mass is 171 g/mol. The van der Waals surface area contributed by atoms with Crippen LogP contribution in [-0.4, -0.2) is 17.8 Å². The van der Waals surface area contributed by atoms with Crippen molar-refractivity contribution in [1.82, 2.24) is 0 Å². The van der Waals surface area contributed by atoms with E-state index in [0.717, 1.165) is 38.6 Å². The SMILES string of the molecule is CC=CCC(O)CCCCCN. The molecule has 0 aromatic rings. The number of unbranched alkanes of at least 4 members (excludes halogenated alkanes) is 2. The number of aliphatic hydroxyl groups excluding tert-OH is 1. The number of hydrogen-bond acceptors (Lipinski definition) is 2. The zero-order chi connectivity index (χ0) is 9.23. The Hall–Kier alpha value is -0.340. The second-order valence-electron chi connectivity index (χ2n) is 3.10. The van der Waals surface area contributed by atoms with Crippen molar-refractivity contribution in [2.24, 2.45) is 5.73 Å². The van der Waals surface area contributed by atoms with Gasteiger partial charge in [-0.25, -0.2) is 0 Å². The summed E-state index contributed by atoms with van der Waals surface area (Å²) >= 11 is 0. The van der Waals surface area contributed by atoms with E-state index in [-0.39, 0.29) is 6.10 Å². The van der Waals surface area contributed by atoms with E-state index in [4.69, 9.17) is 5.73 Å². The Kier molecular flexibility index (Phi) is 8.51. The van der Waals surface area contributed by atoms with Crippen LogP contribution < -0.4 is 5.73 Å². The van der Waals surface area contributed by atoms with Crippen molar-refractivity contribution in [3.05, 3.63) is 12.2 Å². The fraction of sp³-hybridized carbons (Fsp3) is 0.800. The Labute approximate surface area is 75.5 Å². The molecular weight excluding hydrogens is 150 g/mol. The Bertz CT molecular complexity index is 112. The van der Waals surface area contributed by atoms with E-state index in [2.05, 4.69) is 0 Å². The lowest BCUT2D eigenvalue weighted by atomic mass is 10.1. The van der Waals surface area contributed by atoms with E-state index in [0.29, 0.717) is 0 Å². The van der Waals surface area contributed by atoms with Gasteiger partial charge in [0.15, 0.2) is 0 Å². The maximum Gasteiger partial charge on any atom is 0.0574 e. The van der Waals surface area contributed by atoms with Crippen molar-refractivity contribution in [3.8, 4) is 0 Å². The molecule has 0 aromatic heterocycles.